The number of aliphatic carboxylic acids is 2. The summed E-state index contributed by atoms with van der Waals surface area (Å²) in [5.74, 6) is -3.95. The number of nitrogen functional groups attached to an aromatic ring is 1. The Balaban J connectivity index is 1.10. The lowest BCUT2D eigenvalue weighted by molar-refractivity contribution is -0.687. The number of thiazole rings is 1. The zero-order chi connectivity index (χ0) is 38.2. The second-order valence-electron chi connectivity index (χ2n) is 13.4. The summed E-state index contributed by atoms with van der Waals surface area (Å²) in [6, 6.07) is 12.0. The molecule has 15 nitrogen and oxygen atoms in total. The molecular formula is C36H37N6O9S2+. The van der Waals surface area contributed by atoms with Gasteiger partial charge in [0.05, 0.1) is 0 Å². The molecular weight excluding hydrogens is 725 g/mol. The van der Waals surface area contributed by atoms with Crippen LogP contribution >= 0.6 is 23.1 Å². The first-order chi connectivity index (χ1) is 25.1. The molecule has 2 aromatic carbocycles. The van der Waals surface area contributed by atoms with E-state index in [1.165, 1.54) is 42.0 Å². The minimum absolute atomic E-state index is 0.0245. The van der Waals surface area contributed by atoms with Crippen molar-refractivity contribution in [1.29, 1.82) is 0 Å². The largest absolute Gasteiger partial charge is 0.504 e. The fourth-order valence-electron chi connectivity index (χ4n) is 6.13. The van der Waals surface area contributed by atoms with E-state index in [0.717, 1.165) is 27.8 Å². The van der Waals surface area contributed by atoms with E-state index in [2.05, 4.69) is 15.5 Å². The number of nitrogens with zero attached hydrogens (tertiary/aromatic N) is 4. The van der Waals surface area contributed by atoms with Crippen LogP contribution in [0.1, 0.15) is 44.0 Å². The van der Waals surface area contributed by atoms with Gasteiger partial charge in [0.1, 0.15) is 22.8 Å². The number of hydrogen-bond acceptors (Lipinski definition) is 12. The molecule has 3 atom stereocenters. The van der Waals surface area contributed by atoms with Crippen LogP contribution in [0, 0.1) is 5.92 Å². The Morgan fingerprint density at radius 3 is 2.49 bits per heavy atom. The molecule has 0 aliphatic carbocycles. The zero-order valence-corrected chi connectivity index (χ0v) is 30.5. The number of fused-ring (bicyclic) bond motifs is 2. The molecule has 0 spiro atoms. The summed E-state index contributed by atoms with van der Waals surface area (Å²) in [7, 11) is 0. The Labute approximate surface area is 311 Å². The van der Waals surface area contributed by atoms with Crippen molar-refractivity contribution < 1.29 is 49.0 Å². The third-order valence-corrected chi connectivity index (χ3v) is 10.9. The first-order valence-electron chi connectivity index (χ1n) is 16.5. The maximum absolute atomic E-state index is 13.4. The normalized spacial score (nSPS) is 18.0. The van der Waals surface area contributed by atoms with Gasteiger partial charge in [-0.1, -0.05) is 36.3 Å². The highest BCUT2D eigenvalue weighted by Crippen LogP contribution is 2.42. The summed E-state index contributed by atoms with van der Waals surface area (Å²) in [5.41, 5.74) is 6.26. The molecule has 4 aromatic rings. The Morgan fingerprint density at radius 2 is 1.83 bits per heavy atom. The number of thioether (sulfide) groups is 1. The van der Waals surface area contributed by atoms with Gasteiger partial charge in [-0.05, 0) is 55.9 Å². The molecule has 2 aromatic heterocycles. The van der Waals surface area contributed by atoms with Crippen LogP contribution in [0.3, 0.4) is 0 Å². The summed E-state index contributed by atoms with van der Waals surface area (Å²) in [4.78, 5) is 61.2. The number of carbonyl (C=O) groups is 4. The number of benzene rings is 2. The van der Waals surface area contributed by atoms with E-state index in [4.69, 9.17) is 10.6 Å². The lowest BCUT2D eigenvalue weighted by Crippen LogP contribution is -2.71. The second kappa shape index (κ2) is 14.7. The van der Waals surface area contributed by atoms with Crippen molar-refractivity contribution in [3.8, 4) is 11.5 Å². The highest BCUT2D eigenvalue weighted by Gasteiger charge is 2.54. The minimum Gasteiger partial charge on any atom is -0.504 e. The van der Waals surface area contributed by atoms with Gasteiger partial charge in [0, 0.05) is 33.5 Å². The number of amides is 2. The lowest BCUT2D eigenvalue weighted by atomic mass is 9.92. The molecule has 2 aliphatic rings. The van der Waals surface area contributed by atoms with E-state index >= 15 is 0 Å². The Bertz CT molecular complexity index is 2180. The highest BCUT2D eigenvalue weighted by atomic mass is 32.2. The maximum Gasteiger partial charge on any atom is 0.352 e. The van der Waals surface area contributed by atoms with Gasteiger partial charge in [-0.25, -0.2) is 19.1 Å². The molecule has 17 heteroatoms. The Morgan fingerprint density at radius 1 is 1.11 bits per heavy atom. The predicted octanol–water partition coefficient (Wildman–Crippen LogP) is 3.22. The molecule has 7 N–H and O–H groups in total. The average Bonchev–Trinajstić information content (AvgIpc) is 3.54. The van der Waals surface area contributed by atoms with Crippen LogP contribution in [0.25, 0.3) is 10.8 Å². The molecule has 0 radical (unpaired) electrons. The number of oxime groups is 1. The summed E-state index contributed by atoms with van der Waals surface area (Å²) in [5, 5.41) is 48.1. The van der Waals surface area contributed by atoms with E-state index in [0.29, 0.717) is 36.1 Å². The number of pyridine rings is 1. The van der Waals surface area contributed by atoms with Crippen molar-refractivity contribution in [3.63, 3.8) is 0 Å². The smallest absolute Gasteiger partial charge is 0.352 e. The van der Waals surface area contributed by atoms with Crippen molar-refractivity contribution in [1.82, 2.24) is 15.2 Å². The highest BCUT2D eigenvalue weighted by molar-refractivity contribution is 8.00. The first kappa shape index (κ1) is 37.1. The van der Waals surface area contributed by atoms with E-state index in [1.807, 2.05) is 48.1 Å². The maximum atomic E-state index is 13.4. The van der Waals surface area contributed by atoms with Crippen molar-refractivity contribution in [2.75, 3.05) is 11.5 Å². The molecule has 2 amide bonds. The van der Waals surface area contributed by atoms with Gasteiger partial charge in [0.25, 0.3) is 11.8 Å². The molecule has 53 heavy (non-hydrogen) atoms. The van der Waals surface area contributed by atoms with Gasteiger partial charge in [-0.3, -0.25) is 14.5 Å². The fraction of sp³-hybridized carbons (Fsp3) is 0.306. The Kier molecular flexibility index (Phi) is 10.3. The molecule has 0 bridgehead atoms. The van der Waals surface area contributed by atoms with Crippen LogP contribution in [0.4, 0.5) is 5.13 Å². The van der Waals surface area contributed by atoms with Gasteiger partial charge in [-0.2, -0.15) is 0 Å². The van der Waals surface area contributed by atoms with Gasteiger partial charge in [-0.15, -0.1) is 23.1 Å². The standard InChI is InChI=1S/C36H36N6O9S2/c1-18(12-19-4-6-20(7-5-19)14-41-11-10-23-21(15-41)8-9-25(43)29(23)44)13-22-16-52-32-27(31(46)42(32)28(22)33(47)48)39-30(45)26(24-17-53-35(37)38-24)40-51-36(2,3)34(49)50/h4-11,15,17-18,27,32H,12-14,16H2,1-3H3,(H6,37,38,39,44,45,47,48,49,50)/p+1/b40-26-/t18-,27+,32+/m0/s1. The van der Waals surface area contributed by atoms with Crippen molar-refractivity contribution >= 4 is 68.5 Å². The van der Waals surface area contributed by atoms with Crippen molar-refractivity contribution in [2.24, 2.45) is 11.1 Å². The van der Waals surface area contributed by atoms with Crippen LogP contribution < -0.4 is 15.6 Å². The molecule has 4 heterocycles. The minimum atomic E-state index is -1.77. The van der Waals surface area contributed by atoms with Crippen LogP contribution in [0.2, 0.25) is 0 Å². The van der Waals surface area contributed by atoms with Crippen molar-refractivity contribution in [3.05, 3.63) is 88.3 Å². The van der Waals surface area contributed by atoms with Gasteiger partial charge >= 0.3 is 11.9 Å². The predicted molar refractivity (Wildman–Crippen MR) is 196 cm³/mol. The second-order valence-corrected chi connectivity index (χ2v) is 15.4. The first-order valence-corrected chi connectivity index (χ1v) is 18.4. The number of carboxylic acids is 2. The number of aromatic hydroxyl groups is 2. The molecule has 6 rings (SSSR count). The molecule has 2 aliphatic heterocycles. The average molecular weight is 762 g/mol. The van der Waals surface area contributed by atoms with Gasteiger partial charge < -0.3 is 36.3 Å². The summed E-state index contributed by atoms with van der Waals surface area (Å²) >= 11 is 2.37. The summed E-state index contributed by atoms with van der Waals surface area (Å²) < 4.78 is 1.98. The molecule has 0 saturated carbocycles. The number of aromatic nitrogens is 2. The van der Waals surface area contributed by atoms with Crippen LogP contribution in [0.5, 0.6) is 11.5 Å². The molecule has 276 valence electrons. The number of hydrogen-bond donors (Lipinski definition) is 6. The van der Waals surface area contributed by atoms with E-state index in [-0.39, 0.29) is 39.7 Å². The molecule has 0 unspecified atom stereocenters. The summed E-state index contributed by atoms with van der Waals surface area (Å²) in [6.07, 6.45) is 4.85. The topological polar surface area (TPSA) is 229 Å². The SMILES string of the molecule is C[C@H](CC1=C(C(=O)O)N2C(=O)[C@@H](NC(=O)/C(=N\OC(C)(C)C(=O)O)c3csc(N)n3)[C@H]2SC1)Cc1ccc(C[n+]2ccc3c(O)c(O)ccc3c2)cc1. The number of phenolic OH excluding ortho intramolecular Hbond substituents is 2. The number of nitrogens with two attached hydrogens (primary N) is 1. The van der Waals surface area contributed by atoms with E-state index in [1.54, 1.807) is 12.1 Å². The lowest BCUT2D eigenvalue weighted by Gasteiger charge is -2.49. The van der Waals surface area contributed by atoms with Crippen molar-refractivity contribution in [2.45, 2.75) is 57.2 Å². The van der Waals surface area contributed by atoms with Crippen LogP contribution in [0.15, 0.2) is 76.7 Å². The Hall–Kier alpha value is -5.68. The number of carboxylic acid groups (broad SMARTS) is 2. The van der Waals surface area contributed by atoms with Gasteiger partial charge in [0.15, 0.2) is 41.3 Å². The van der Waals surface area contributed by atoms with Crippen LogP contribution in [-0.4, -0.2) is 82.5 Å². The number of carbonyl (C=O) groups excluding carboxylic acids is 2. The quantitative estimate of drug-likeness (QED) is 0.0380. The zero-order valence-electron chi connectivity index (χ0n) is 28.8. The third-order valence-electron chi connectivity index (χ3n) is 8.93. The number of phenols is 2. The van der Waals surface area contributed by atoms with E-state index in [9.17, 15) is 39.6 Å². The summed E-state index contributed by atoms with van der Waals surface area (Å²) in [6.45, 7) is 5.12. The number of anilines is 1. The van der Waals surface area contributed by atoms with E-state index < -0.39 is 40.8 Å². The third kappa shape index (κ3) is 7.75. The van der Waals surface area contributed by atoms with Crippen LogP contribution in [-0.2, 0) is 37.0 Å². The number of β-lactam (4-membered cyclic amide) rings is 1. The number of nitrogens with one attached hydrogen (secondary N) is 1. The van der Waals surface area contributed by atoms with Gasteiger partial charge in [0.2, 0.25) is 5.60 Å². The molecule has 1 fully saturated rings. The molecule has 1 saturated heterocycles. The number of rotatable bonds is 13. The fourth-order valence-corrected chi connectivity index (χ4v) is 8.04. The monoisotopic (exact) mass is 761 g/mol.